The van der Waals surface area contributed by atoms with Crippen LogP contribution in [0.2, 0.25) is 0 Å². The summed E-state index contributed by atoms with van der Waals surface area (Å²) in [6.07, 6.45) is 2.36. The lowest BCUT2D eigenvalue weighted by molar-refractivity contribution is 0.689. The average molecular weight is 273 g/mol. The number of hydrogen-bond donors (Lipinski definition) is 1. The molecule has 19 heavy (non-hydrogen) atoms. The second-order valence-corrected chi connectivity index (χ2v) is 6.45. The van der Waals surface area contributed by atoms with Crippen molar-refractivity contribution in [3.63, 3.8) is 0 Å². The van der Waals surface area contributed by atoms with Crippen LogP contribution < -0.4 is 10.6 Å². The monoisotopic (exact) mass is 273 g/mol. The third kappa shape index (κ3) is 2.45. The van der Waals surface area contributed by atoms with E-state index in [1.165, 1.54) is 27.6 Å². The maximum atomic E-state index is 5.93. The highest BCUT2D eigenvalue weighted by Crippen LogP contribution is 2.31. The Morgan fingerprint density at radius 2 is 2.21 bits per heavy atom. The Bertz CT molecular complexity index is 584. The Hall–Kier alpha value is -1.55. The molecule has 4 heteroatoms. The molecule has 2 heterocycles. The van der Waals surface area contributed by atoms with E-state index in [4.69, 9.17) is 5.73 Å². The first-order chi connectivity index (χ1) is 9.13. The molecule has 0 bridgehead atoms. The number of nitrogen functional groups attached to an aromatic ring is 1. The normalized spacial score (nSPS) is 14.5. The second kappa shape index (κ2) is 4.85. The highest BCUT2D eigenvalue weighted by atomic mass is 32.1. The summed E-state index contributed by atoms with van der Waals surface area (Å²) in [5.41, 5.74) is 10.6. The number of anilines is 2. The van der Waals surface area contributed by atoms with Crippen molar-refractivity contribution in [1.82, 2.24) is 4.98 Å². The van der Waals surface area contributed by atoms with Gasteiger partial charge in [0.25, 0.3) is 0 Å². The highest BCUT2D eigenvalue weighted by molar-refractivity contribution is 7.11. The number of nitrogens with two attached hydrogens (primary N) is 1. The lowest BCUT2D eigenvalue weighted by Crippen LogP contribution is -2.28. The van der Waals surface area contributed by atoms with Crippen LogP contribution in [-0.2, 0) is 13.0 Å². The quantitative estimate of drug-likeness (QED) is 0.854. The molecule has 1 aromatic heterocycles. The number of fused-ring (bicyclic) bond motifs is 1. The Morgan fingerprint density at radius 3 is 2.95 bits per heavy atom. The first kappa shape index (κ1) is 12.5. The molecule has 3 rings (SSSR count). The molecule has 1 aliphatic heterocycles. The van der Waals surface area contributed by atoms with E-state index in [0.717, 1.165) is 30.9 Å². The van der Waals surface area contributed by atoms with Gasteiger partial charge < -0.3 is 10.6 Å². The third-order valence-corrected chi connectivity index (χ3v) is 4.78. The summed E-state index contributed by atoms with van der Waals surface area (Å²) in [4.78, 5) is 8.37. The van der Waals surface area contributed by atoms with Gasteiger partial charge in [-0.1, -0.05) is 6.07 Å². The Kier molecular flexibility index (Phi) is 3.19. The smallest absolute Gasteiger partial charge is 0.112 e. The molecule has 0 aliphatic carbocycles. The van der Waals surface area contributed by atoms with Gasteiger partial charge in [0.15, 0.2) is 0 Å². The van der Waals surface area contributed by atoms with Crippen LogP contribution in [0.5, 0.6) is 0 Å². The highest BCUT2D eigenvalue weighted by Gasteiger charge is 2.18. The molecule has 1 aliphatic rings. The predicted molar refractivity (Wildman–Crippen MR) is 81.8 cm³/mol. The fraction of sp³-hybridized carbons (Fsp3) is 0.400. The number of thiazole rings is 1. The average Bonchev–Trinajstić information content (AvgIpc) is 2.69. The van der Waals surface area contributed by atoms with E-state index in [0.29, 0.717) is 0 Å². The minimum atomic E-state index is 0.845. The molecular weight excluding hydrogens is 254 g/mol. The first-order valence-electron chi connectivity index (χ1n) is 6.70. The van der Waals surface area contributed by atoms with Gasteiger partial charge in [0, 0.05) is 22.8 Å². The van der Waals surface area contributed by atoms with Gasteiger partial charge in [-0.25, -0.2) is 4.98 Å². The number of aryl methyl sites for hydroxylation is 3. The van der Waals surface area contributed by atoms with Crippen molar-refractivity contribution < 1.29 is 0 Å². The molecule has 2 aromatic rings. The minimum absolute atomic E-state index is 0.845. The van der Waals surface area contributed by atoms with Gasteiger partial charge in [0.2, 0.25) is 0 Å². The Balaban J connectivity index is 1.89. The minimum Gasteiger partial charge on any atom is -0.399 e. The van der Waals surface area contributed by atoms with Crippen LogP contribution in [0.3, 0.4) is 0 Å². The molecule has 3 nitrogen and oxygen atoms in total. The van der Waals surface area contributed by atoms with Gasteiger partial charge in [-0.2, -0.15) is 0 Å². The van der Waals surface area contributed by atoms with Gasteiger partial charge in [-0.3, -0.25) is 0 Å². The van der Waals surface area contributed by atoms with Gasteiger partial charge in [-0.05, 0) is 44.4 Å². The second-order valence-electron chi connectivity index (χ2n) is 5.16. The van der Waals surface area contributed by atoms with E-state index in [1.807, 2.05) is 6.07 Å². The number of rotatable bonds is 2. The number of nitrogens with zero attached hydrogens (tertiary/aromatic N) is 2. The van der Waals surface area contributed by atoms with Crippen molar-refractivity contribution in [2.75, 3.05) is 17.2 Å². The lowest BCUT2D eigenvalue weighted by Gasteiger charge is -2.30. The van der Waals surface area contributed by atoms with Crippen molar-refractivity contribution in [2.45, 2.75) is 33.2 Å². The fourth-order valence-corrected chi connectivity index (χ4v) is 3.55. The van der Waals surface area contributed by atoms with Crippen molar-refractivity contribution in [3.8, 4) is 0 Å². The van der Waals surface area contributed by atoms with Gasteiger partial charge in [0.1, 0.15) is 5.01 Å². The molecule has 0 atom stereocenters. The summed E-state index contributed by atoms with van der Waals surface area (Å²) in [6, 6.07) is 6.26. The summed E-state index contributed by atoms with van der Waals surface area (Å²) in [5, 5.41) is 1.20. The van der Waals surface area contributed by atoms with Crippen molar-refractivity contribution in [1.29, 1.82) is 0 Å². The van der Waals surface area contributed by atoms with E-state index in [9.17, 15) is 0 Å². The van der Waals surface area contributed by atoms with Crippen LogP contribution >= 0.6 is 11.3 Å². The van der Waals surface area contributed by atoms with Crippen molar-refractivity contribution >= 4 is 22.7 Å². The molecular formula is C15H19N3S. The fourth-order valence-electron chi connectivity index (χ4n) is 2.60. The molecule has 100 valence electrons. The zero-order valence-electron chi connectivity index (χ0n) is 11.4. The maximum Gasteiger partial charge on any atom is 0.112 e. The lowest BCUT2D eigenvalue weighted by atomic mass is 10.0. The molecule has 0 saturated carbocycles. The summed E-state index contributed by atoms with van der Waals surface area (Å²) < 4.78 is 0. The summed E-state index contributed by atoms with van der Waals surface area (Å²) in [6.45, 7) is 6.21. The van der Waals surface area contributed by atoms with Crippen molar-refractivity contribution in [2.24, 2.45) is 0 Å². The topological polar surface area (TPSA) is 42.2 Å². The first-order valence-corrected chi connectivity index (χ1v) is 7.51. The number of aromatic nitrogens is 1. The van der Waals surface area contributed by atoms with E-state index in [1.54, 1.807) is 11.3 Å². The Morgan fingerprint density at radius 1 is 1.37 bits per heavy atom. The third-order valence-electron chi connectivity index (χ3n) is 3.72. The van der Waals surface area contributed by atoms with Gasteiger partial charge in [0.05, 0.1) is 12.2 Å². The van der Waals surface area contributed by atoms with E-state index in [2.05, 4.69) is 35.9 Å². The molecule has 0 spiro atoms. The van der Waals surface area contributed by atoms with Crippen LogP contribution in [0.1, 0.15) is 27.6 Å². The molecule has 0 radical (unpaired) electrons. The van der Waals surface area contributed by atoms with E-state index < -0.39 is 0 Å². The van der Waals surface area contributed by atoms with Crippen LogP contribution in [0.15, 0.2) is 18.2 Å². The molecule has 0 fully saturated rings. The van der Waals surface area contributed by atoms with Crippen LogP contribution in [-0.4, -0.2) is 11.5 Å². The molecule has 0 saturated heterocycles. The SMILES string of the molecule is Cc1nc(CN2CCCc3ccc(N)cc32)sc1C. The van der Waals surface area contributed by atoms with Crippen LogP contribution in [0.4, 0.5) is 11.4 Å². The maximum absolute atomic E-state index is 5.93. The molecule has 0 amide bonds. The van der Waals surface area contributed by atoms with Gasteiger partial charge in [-0.15, -0.1) is 11.3 Å². The summed E-state index contributed by atoms with van der Waals surface area (Å²) >= 11 is 1.80. The van der Waals surface area contributed by atoms with Crippen LogP contribution in [0, 0.1) is 13.8 Å². The van der Waals surface area contributed by atoms with Gasteiger partial charge >= 0.3 is 0 Å². The van der Waals surface area contributed by atoms with E-state index >= 15 is 0 Å². The summed E-state index contributed by atoms with van der Waals surface area (Å²) in [5.74, 6) is 0. The molecule has 0 unspecified atom stereocenters. The molecule has 1 aromatic carbocycles. The van der Waals surface area contributed by atoms with Crippen LogP contribution in [0.25, 0.3) is 0 Å². The number of benzene rings is 1. The molecule has 2 N–H and O–H groups in total. The standard InChI is InChI=1S/C15H19N3S/c1-10-11(2)19-15(17-10)9-18-7-3-4-12-5-6-13(16)8-14(12)18/h5-6,8H,3-4,7,9,16H2,1-2H3. The predicted octanol–water partition coefficient (Wildman–Crippen LogP) is 3.29. The van der Waals surface area contributed by atoms with Crippen molar-refractivity contribution in [3.05, 3.63) is 39.3 Å². The number of hydrogen-bond acceptors (Lipinski definition) is 4. The zero-order valence-corrected chi connectivity index (χ0v) is 12.3. The largest absolute Gasteiger partial charge is 0.399 e. The zero-order chi connectivity index (χ0) is 13.4. The van der Waals surface area contributed by atoms with E-state index in [-0.39, 0.29) is 0 Å². The Labute approximate surface area is 118 Å². The summed E-state index contributed by atoms with van der Waals surface area (Å²) in [7, 11) is 0.